The molecule has 1 aromatic heterocycles. The average molecular weight is 368 g/mol. The number of nitrogens with one attached hydrogen (secondary N) is 1. The summed E-state index contributed by atoms with van der Waals surface area (Å²) in [6.45, 7) is 5.65. The van der Waals surface area contributed by atoms with Gasteiger partial charge in [0.05, 0.1) is 5.56 Å². The smallest absolute Gasteiger partial charge is 0.277 e. The number of carbonyl (C=O) groups is 1. The number of halogens is 1. The van der Waals surface area contributed by atoms with Gasteiger partial charge in [-0.3, -0.25) is 10.0 Å². The van der Waals surface area contributed by atoms with Gasteiger partial charge in [-0.05, 0) is 25.2 Å². The van der Waals surface area contributed by atoms with Crippen molar-refractivity contribution in [3.8, 4) is 0 Å². The molecule has 1 saturated carbocycles. The first-order chi connectivity index (χ1) is 11.7. The Kier molecular flexibility index (Phi) is 5.46. The second-order valence-electron chi connectivity index (χ2n) is 7.70. The Morgan fingerprint density at radius 1 is 1.24 bits per heavy atom. The van der Waals surface area contributed by atoms with E-state index >= 15 is 0 Å². The van der Waals surface area contributed by atoms with Crippen molar-refractivity contribution in [2.45, 2.75) is 32.1 Å². The molecular formula is C17H26ClN5O2. The van der Waals surface area contributed by atoms with E-state index in [0.717, 1.165) is 19.0 Å². The van der Waals surface area contributed by atoms with E-state index in [4.69, 9.17) is 5.21 Å². The molecule has 8 heteroatoms. The second kappa shape index (κ2) is 7.43. The number of rotatable bonds is 4. The van der Waals surface area contributed by atoms with Crippen molar-refractivity contribution in [2.75, 3.05) is 37.6 Å². The van der Waals surface area contributed by atoms with E-state index in [1.54, 1.807) is 5.48 Å². The second-order valence-corrected chi connectivity index (χ2v) is 7.70. The lowest BCUT2D eigenvalue weighted by Crippen LogP contribution is -2.58. The van der Waals surface area contributed by atoms with Crippen LogP contribution < -0.4 is 10.4 Å². The molecule has 0 bridgehead atoms. The highest BCUT2D eigenvalue weighted by molar-refractivity contribution is 5.92. The first-order valence-electron chi connectivity index (χ1n) is 8.91. The monoisotopic (exact) mass is 367 g/mol. The number of nitrogens with zero attached hydrogens (tertiary/aromatic N) is 4. The molecule has 1 aromatic rings. The van der Waals surface area contributed by atoms with Gasteiger partial charge in [0.25, 0.3) is 5.91 Å². The molecule has 138 valence electrons. The zero-order valence-corrected chi connectivity index (χ0v) is 15.2. The molecule has 7 nitrogen and oxygen atoms in total. The van der Waals surface area contributed by atoms with Crippen LogP contribution in [0.2, 0.25) is 0 Å². The molecule has 1 amide bonds. The summed E-state index contributed by atoms with van der Waals surface area (Å²) in [4.78, 5) is 24.7. The van der Waals surface area contributed by atoms with Gasteiger partial charge >= 0.3 is 0 Å². The topological polar surface area (TPSA) is 81.6 Å². The van der Waals surface area contributed by atoms with Gasteiger partial charge < -0.3 is 9.80 Å². The van der Waals surface area contributed by atoms with Crippen LogP contribution in [0.4, 0.5) is 5.95 Å². The zero-order chi connectivity index (χ0) is 16.6. The number of likely N-dealkylation sites (tertiary alicyclic amines) is 1. The fourth-order valence-corrected chi connectivity index (χ4v) is 4.62. The fraction of sp³-hybridized carbons (Fsp3) is 0.706. The van der Waals surface area contributed by atoms with Crippen LogP contribution in [0.3, 0.4) is 0 Å². The molecule has 3 fully saturated rings. The molecule has 0 atom stereocenters. The summed E-state index contributed by atoms with van der Waals surface area (Å²) in [7, 11) is 0. The van der Waals surface area contributed by atoms with Crippen LogP contribution in [0.1, 0.15) is 42.5 Å². The number of amides is 1. The third-order valence-electron chi connectivity index (χ3n) is 5.83. The zero-order valence-electron chi connectivity index (χ0n) is 14.4. The van der Waals surface area contributed by atoms with Crippen molar-refractivity contribution < 1.29 is 10.0 Å². The largest absolute Gasteiger partial charge is 0.340 e. The molecule has 1 aliphatic carbocycles. The van der Waals surface area contributed by atoms with Gasteiger partial charge in [0.1, 0.15) is 0 Å². The Hall–Kier alpha value is -1.44. The third kappa shape index (κ3) is 3.73. The van der Waals surface area contributed by atoms with E-state index in [1.807, 2.05) is 0 Å². The molecule has 3 heterocycles. The minimum atomic E-state index is -0.582. The molecular weight excluding hydrogens is 342 g/mol. The van der Waals surface area contributed by atoms with Crippen LogP contribution in [0.15, 0.2) is 12.4 Å². The maximum atomic E-state index is 11.3. The van der Waals surface area contributed by atoms with Gasteiger partial charge in [-0.15, -0.1) is 12.4 Å². The average Bonchev–Trinajstić information content (AvgIpc) is 3.24. The van der Waals surface area contributed by atoms with Crippen LogP contribution in [0, 0.1) is 11.3 Å². The molecule has 0 radical (unpaired) electrons. The Labute approximate surface area is 154 Å². The first kappa shape index (κ1) is 18.4. The number of anilines is 1. The normalized spacial score (nSPS) is 22.7. The van der Waals surface area contributed by atoms with Gasteiger partial charge in [-0.1, -0.05) is 12.8 Å². The lowest BCUT2D eigenvalue weighted by atomic mass is 9.78. The summed E-state index contributed by atoms with van der Waals surface area (Å²) in [5.41, 5.74) is 2.27. The molecule has 0 aromatic carbocycles. The number of aromatic nitrogens is 2. The fourth-order valence-electron chi connectivity index (χ4n) is 4.62. The maximum absolute atomic E-state index is 11.3. The van der Waals surface area contributed by atoms with Crippen LogP contribution >= 0.6 is 12.4 Å². The highest BCUT2D eigenvalue weighted by atomic mass is 35.5. The summed E-state index contributed by atoms with van der Waals surface area (Å²) < 4.78 is 0. The summed E-state index contributed by atoms with van der Waals surface area (Å²) in [5.74, 6) is 1.02. The van der Waals surface area contributed by atoms with Gasteiger partial charge in [0.2, 0.25) is 5.95 Å². The molecule has 3 aliphatic rings. The molecule has 2 aliphatic heterocycles. The van der Waals surface area contributed by atoms with E-state index in [0.29, 0.717) is 11.4 Å². The van der Waals surface area contributed by atoms with Crippen molar-refractivity contribution in [2.24, 2.45) is 11.3 Å². The Morgan fingerprint density at radius 2 is 1.92 bits per heavy atom. The molecule has 2 saturated heterocycles. The number of carbonyl (C=O) groups excluding carboxylic acids is 1. The molecule has 4 rings (SSSR count). The van der Waals surface area contributed by atoms with E-state index in [9.17, 15) is 4.79 Å². The number of hydrogen-bond acceptors (Lipinski definition) is 6. The minimum absolute atomic E-state index is 0. The predicted molar refractivity (Wildman–Crippen MR) is 96.2 cm³/mol. The van der Waals surface area contributed by atoms with Crippen molar-refractivity contribution in [3.05, 3.63) is 18.0 Å². The lowest BCUT2D eigenvalue weighted by molar-refractivity contribution is 0.00705. The van der Waals surface area contributed by atoms with Crippen molar-refractivity contribution in [3.63, 3.8) is 0 Å². The summed E-state index contributed by atoms with van der Waals surface area (Å²) in [6, 6.07) is 0. The SMILES string of the molecule is Cl.O=C(NO)c1cnc(N2CCC3(CN(CC4CCCC4)C3)C2)nc1. The quantitative estimate of drug-likeness (QED) is 0.623. The predicted octanol–water partition coefficient (Wildman–Crippen LogP) is 1.72. The summed E-state index contributed by atoms with van der Waals surface area (Å²) in [5, 5.41) is 8.63. The number of hydroxylamine groups is 1. The van der Waals surface area contributed by atoms with E-state index in [2.05, 4.69) is 19.8 Å². The van der Waals surface area contributed by atoms with E-state index < -0.39 is 5.91 Å². The van der Waals surface area contributed by atoms with Crippen molar-refractivity contribution >= 4 is 24.3 Å². The van der Waals surface area contributed by atoms with Crippen LogP contribution in [-0.4, -0.2) is 58.7 Å². The molecule has 2 N–H and O–H groups in total. The Balaban J connectivity index is 0.00000182. The Bertz CT molecular complexity index is 600. The maximum Gasteiger partial charge on any atom is 0.277 e. The molecule has 0 unspecified atom stereocenters. The highest BCUT2D eigenvalue weighted by Crippen LogP contribution is 2.41. The molecule has 1 spiro atoms. The first-order valence-corrected chi connectivity index (χ1v) is 8.91. The van der Waals surface area contributed by atoms with Gasteiger partial charge in [0, 0.05) is 50.5 Å². The van der Waals surface area contributed by atoms with Crippen molar-refractivity contribution in [1.29, 1.82) is 0 Å². The van der Waals surface area contributed by atoms with Crippen molar-refractivity contribution in [1.82, 2.24) is 20.3 Å². The molecule has 25 heavy (non-hydrogen) atoms. The summed E-state index contributed by atoms with van der Waals surface area (Å²) in [6.07, 6.45) is 9.78. The van der Waals surface area contributed by atoms with Gasteiger partial charge in [-0.2, -0.15) is 0 Å². The number of hydrogen-bond donors (Lipinski definition) is 2. The standard InChI is InChI=1S/C17H25N5O2.ClH/c23-15(20-24)14-7-18-16(19-8-14)22-6-5-17(12-22)10-21(11-17)9-13-3-1-2-4-13;/h7-8,13,24H,1-6,9-12H2,(H,20,23);1H. The minimum Gasteiger partial charge on any atom is -0.340 e. The highest BCUT2D eigenvalue weighted by Gasteiger charge is 2.48. The Morgan fingerprint density at radius 3 is 2.56 bits per heavy atom. The van der Waals surface area contributed by atoms with Gasteiger partial charge in [0.15, 0.2) is 0 Å². The van der Waals surface area contributed by atoms with Crippen LogP contribution in [0.5, 0.6) is 0 Å². The summed E-state index contributed by atoms with van der Waals surface area (Å²) >= 11 is 0. The van der Waals surface area contributed by atoms with Gasteiger partial charge in [-0.25, -0.2) is 15.4 Å². The third-order valence-corrected chi connectivity index (χ3v) is 5.83. The van der Waals surface area contributed by atoms with E-state index in [-0.39, 0.29) is 18.0 Å². The lowest BCUT2D eigenvalue weighted by Gasteiger charge is -2.49. The van der Waals surface area contributed by atoms with Crippen LogP contribution in [0.25, 0.3) is 0 Å². The van der Waals surface area contributed by atoms with Crippen LogP contribution in [-0.2, 0) is 0 Å². The van der Waals surface area contributed by atoms with E-state index in [1.165, 1.54) is 64.1 Å².